The molecule has 3 N–H and O–H groups in total. The Balaban J connectivity index is 1.26. The fourth-order valence-corrected chi connectivity index (χ4v) is 7.08. The number of aliphatic hydroxyl groups excluding tert-OH is 1. The SMILES string of the molecule is CC[C@@H]([NH2+]C[C@H](O)CO[C@@H](C)c1ccc(Cl)cc1)C12CC3CC(CC(C3)C1)C2. The number of nitrogens with two attached hydrogens (primary N) is 1. The molecule has 0 spiro atoms. The highest BCUT2D eigenvalue weighted by atomic mass is 35.5. The van der Waals surface area contributed by atoms with Crippen molar-refractivity contribution in [3.05, 3.63) is 34.9 Å². The third-order valence-electron chi connectivity index (χ3n) is 7.88. The first-order chi connectivity index (χ1) is 13.5. The van der Waals surface area contributed by atoms with Crippen LogP contribution in [-0.2, 0) is 4.74 Å². The van der Waals surface area contributed by atoms with Crippen LogP contribution in [0.5, 0.6) is 0 Å². The molecule has 5 rings (SSSR count). The van der Waals surface area contributed by atoms with E-state index in [4.69, 9.17) is 16.3 Å². The number of benzene rings is 1. The number of hydrogen-bond acceptors (Lipinski definition) is 2. The second-order valence-corrected chi connectivity index (χ2v) is 10.4. The minimum Gasteiger partial charge on any atom is -0.385 e. The van der Waals surface area contributed by atoms with Gasteiger partial charge in [0.05, 0.1) is 18.8 Å². The lowest BCUT2D eigenvalue weighted by molar-refractivity contribution is -0.711. The Kier molecular flexibility index (Phi) is 6.37. The second kappa shape index (κ2) is 8.63. The summed E-state index contributed by atoms with van der Waals surface area (Å²) in [5, 5.41) is 13.7. The predicted octanol–water partition coefficient (Wildman–Crippen LogP) is 4.34. The maximum atomic E-state index is 10.5. The zero-order valence-corrected chi connectivity index (χ0v) is 18.2. The molecule has 4 fully saturated rings. The van der Waals surface area contributed by atoms with Gasteiger partial charge in [0, 0.05) is 10.4 Å². The van der Waals surface area contributed by atoms with Gasteiger partial charge < -0.3 is 15.2 Å². The van der Waals surface area contributed by atoms with E-state index in [0.29, 0.717) is 18.1 Å². The van der Waals surface area contributed by atoms with E-state index >= 15 is 0 Å². The normalized spacial score (nSPS) is 34.4. The van der Waals surface area contributed by atoms with E-state index < -0.39 is 6.10 Å². The van der Waals surface area contributed by atoms with E-state index in [1.54, 1.807) is 0 Å². The minimum absolute atomic E-state index is 0.0305. The topological polar surface area (TPSA) is 46.1 Å². The van der Waals surface area contributed by atoms with Crippen molar-refractivity contribution in [3.8, 4) is 0 Å². The van der Waals surface area contributed by atoms with Gasteiger partial charge in [-0.3, -0.25) is 0 Å². The van der Waals surface area contributed by atoms with Crippen LogP contribution in [0.25, 0.3) is 0 Å². The Hall–Kier alpha value is -0.610. The third-order valence-corrected chi connectivity index (χ3v) is 8.13. The fourth-order valence-electron chi connectivity index (χ4n) is 6.96. The zero-order chi connectivity index (χ0) is 19.7. The lowest BCUT2D eigenvalue weighted by Gasteiger charge is -2.58. The predicted molar refractivity (Wildman–Crippen MR) is 113 cm³/mol. The van der Waals surface area contributed by atoms with Gasteiger partial charge in [0.1, 0.15) is 12.6 Å². The quantitative estimate of drug-likeness (QED) is 0.640. The molecule has 1 aromatic rings. The molecule has 156 valence electrons. The molecular formula is C24H37ClNO2+. The van der Waals surface area contributed by atoms with Crippen molar-refractivity contribution in [2.24, 2.45) is 23.2 Å². The van der Waals surface area contributed by atoms with Gasteiger partial charge in [-0.15, -0.1) is 0 Å². The molecule has 28 heavy (non-hydrogen) atoms. The van der Waals surface area contributed by atoms with Crippen molar-refractivity contribution < 1.29 is 15.2 Å². The summed E-state index contributed by atoms with van der Waals surface area (Å²) in [5.41, 5.74) is 1.64. The van der Waals surface area contributed by atoms with Crippen LogP contribution in [0.15, 0.2) is 24.3 Å². The highest BCUT2D eigenvalue weighted by molar-refractivity contribution is 6.30. The van der Waals surface area contributed by atoms with Gasteiger partial charge in [0.25, 0.3) is 0 Å². The molecule has 0 radical (unpaired) electrons. The van der Waals surface area contributed by atoms with E-state index in [0.717, 1.165) is 34.9 Å². The molecule has 4 heteroatoms. The number of aliphatic hydroxyl groups is 1. The Morgan fingerprint density at radius 2 is 1.68 bits per heavy atom. The Morgan fingerprint density at radius 1 is 1.11 bits per heavy atom. The van der Waals surface area contributed by atoms with Crippen LogP contribution >= 0.6 is 11.6 Å². The van der Waals surface area contributed by atoms with Crippen LogP contribution in [0.1, 0.15) is 70.5 Å². The molecule has 4 aliphatic carbocycles. The van der Waals surface area contributed by atoms with Crippen molar-refractivity contribution in [3.63, 3.8) is 0 Å². The van der Waals surface area contributed by atoms with Gasteiger partial charge in [-0.2, -0.15) is 0 Å². The molecule has 3 nitrogen and oxygen atoms in total. The zero-order valence-electron chi connectivity index (χ0n) is 17.4. The maximum absolute atomic E-state index is 10.5. The first kappa shape index (κ1) is 20.7. The average Bonchev–Trinajstić information content (AvgIpc) is 2.66. The number of hydrogen-bond donors (Lipinski definition) is 2. The number of quaternary nitrogens is 1. The van der Waals surface area contributed by atoms with Crippen LogP contribution in [0.2, 0.25) is 5.02 Å². The maximum Gasteiger partial charge on any atom is 0.126 e. The summed E-state index contributed by atoms with van der Waals surface area (Å²) < 4.78 is 5.93. The Labute approximate surface area is 175 Å². The number of ether oxygens (including phenoxy) is 1. The van der Waals surface area contributed by atoms with Crippen LogP contribution in [0, 0.1) is 23.2 Å². The molecule has 0 saturated heterocycles. The Bertz CT molecular complexity index is 611. The highest BCUT2D eigenvalue weighted by Gasteiger charge is 2.55. The first-order valence-corrected chi connectivity index (χ1v) is 11.7. The van der Waals surface area contributed by atoms with Gasteiger partial charge in [-0.1, -0.05) is 30.7 Å². The summed E-state index contributed by atoms with van der Waals surface area (Å²) in [6.07, 6.45) is 9.56. The highest BCUT2D eigenvalue weighted by Crippen LogP contribution is 2.61. The van der Waals surface area contributed by atoms with Gasteiger partial charge in [-0.25, -0.2) is 0 Å². The molecule has 0 aromatic heterocycles. The minimum atomic E-state index is -0.419. The molecule has 0 unspecified atom stereocenters. The van der Waals surface area contributed by atoms with Gasteiger partial charge in [0.2, 0.25) is 0 Å². The van der Waals surface area contributed by atoms with E-state index in [1.807, 2.05) is 31.2 Å². The largest absolute Gasteiger partial charge is 0.385 e. The van der Waals surface area contributed by atoms with Gasteiger partial charge >= 0.3 is 0 Å². The summed E-state index contributed by atoms with van der Waals surface area (Å²) in [6, 6.07) is 8.41. The Morgan fingerprint density at radius 3 is 2.21 bits per heavy atom. The van der Waals surface area contributed by atoms with E-state index in [-0.39, 0.29) is 6.10 Å². The fraction of sp³-hybridized carbons (Fsp3) is 0.750. The van der Waals surface area contributed by atoms with Gasteiger partial charge in [0.15, 0.2) is 0 Å². The first-order valence-electron chi connectivity index (χ1n) is 11.4. The third kappa shape index (κ3) is 4.43. The van der Waals surface area contributed by atoms with Crippen LogP contribution in [-0.4, -0.2) is 30.4 Å². The molecule has 0 amide bonds. The average molecular weight is 407 g/mol. The summed E-state index contributed by atoms with van der Waals surface area (Å²) in [4.78, 5) is 0. The van der Waals surface area contributed by atoms with Crippen LogP contribution in [0.3, 0.4) is 0 Å². The standard InChI is InChI=1S/C24H36ClNO2/c1-3-23(24-11-17-8-18(12-24)10-19(9-17)13-24)26-14-22(27)15-28-16(2)20-4-6-21(25)7-5-20/h4-7,16-19,22-23,26-27H,3,8-15H2,1-2H3/p+1/t16-,17?,18?,19?,22-,23+,24?/m0/s1. The lowest BCUT2D eigenvalue weighted by Crippen LogP contribution is -2.95. The summed E-state index contributed by atoms with van der Waals surface area (Å²) >= 11 is 5.96. The summed E-state index contributed by atoms with van der Waals surface area (Å²) in [5.74, 6) is 2.96. The molecular weight excluding hydrogens is 370 g/mol. The number of halogens is 1. The van der Waals surface area contributed by atoms with Crippen molar-refractivity contribution >= 4 is 11.6 Å². The van der Waals surface area contributed by atoms with Crippen LogP contribution in [0.4, 0.5) is 0 Å². The van der Waals surface area contributed by atoms with E-state index in [9.17, 15) is 5.11 Å². The molecule has 0 aliphatic heterocycles. The smallest absolute Gasteiger partial charge is 0.126 e. The lowest BCUT2D eigenvalue weighted by atomic mass is 9.47. The van der Waals surface area contributed by atoms with Crippen molar-refractivity contribution in [1.82, 2.24) is 0 Å². The van der Waals surface area contributed by atoms with E-state index in [2.05, 4.69) is 12.2 Å². The molecule has 3 atom stereocenters. The van der Waals surface area contributed by atoms with Gasteiger partial charge in [-0.05, 0) is 87.3 Å². The van der Waals surface area contributed by atoms with Crippen molar-refractivity contribution in [1.29, 1.82) is 0 Å². The van der Waals surface area contributed by atoms with E-state index in [1.165, 1.54) is 44.9 Å². The molecule has 4 aliphatic rings. The van der Waals surface area contributed by atoms with Crippen molar-refractivity contribution in [2.45, 2.75) is 77.0 Å². The second-order valence-electron chi connectivity index (χ2n) is 9.95. The van der Waals surface area contributed by atoms with Crippen LogP contribution < -0.4 is 5.32 Å². The molecule has 4 bridgehead atoms. The summed E-state index contributed by atoms with van der Waals surface area (Å²) in [7, 11) is 0. The number of rotatable bonds is 9. The molecule has 4 saturated carbocycles. The van der Waals surface area contributed by atoms with Crippen molar-refractivity contribution in [2.75, 3.05) is 13.2 Å². The molecule has 0 heterocycles. The monoisotopic (exact) mass is 406 g/mol. The molecule has 1 aromatic carbocycles. The summed E-state index contributed by atoms with van der Waals surface area (Å²) in [6.45, 7) is 5.50.